The Morgan fingerprint density at radius 2 is 2.36 bits per heavy atom. The Hall–Kier alpha value is -1.66. The van der Waals surface area contributed by atoms with Crippen molar-refractivity contribution in [2.24, 2.45) is 5.73 Å². The van der Waals surface area contributed by atoms with E-state index in [0.29, 0.717) is 0 Å². The molecule has 0 aliphatic heterocycles. The summed E-state index contributed by atoms with van der Waals surface area (Å²) in [5.41, 5.74) is 5.75. The molecule has 1 rings (SSSR count). The Balaban J connectivity index is 2.85. The number of terminal acetylenes is 1. The van der Waals surface area contributed by atoms with Gasteiger partial charge in [-0.1, -0.05) is 12.1 Å². The molecule has 0 bridgehead atoms. The molecular formula is C11H10FNO. The molecule has 0 aromatic heterocycles. The lowest BCUT2D eigenvalue weighted by atomic mass is 10.0. The van der Waals surface area contributed by atoms with Crippen molar-refractivity contribution in [1.82, 2.24) is 0 Å². The van der Waals surface area contributed by atoms with E-state index in [4.69, 9.17) is 12.2 Å². The molecule has 0 spiro atoms. The average Bonchev–Trinajstić information content (AvgIpc) is 2.17. The van der Waals surface area contributed by atoms with E-state index in [1.807, 2.05) is 0 Å². The van der Waals surface area contributed by atoms with Crippen LogP contribution in [0.25, 0.3) is 0 Å². The van der Waals surface area contributed by atoms with E-state index in [9.17, 15) is 9.18 Å². The second-order valence-corrected chi connectivity index (χ2v) is 2.89. The van der Waals surface area contributed by atoms with Crippen molar-refractivity contribution in [2.75, 3.05) is 0 Å². The van der Waals surface area contributed by atoms with Crippen LogP contribution < -0.4 is 5.73 Å². The van der Waals surface area contributed by atoms with E-state index < -0.39 is 11.9 Å². The fourth-order valence-corrected chi connectivity index (χ4v) is 1.08. The van der Waals surface area contributed by atoms with Crippen LogP contribution in [-0.2, 0) is 0 Å². The van der Waals surface area contributed by atoms with Crippen molar-refractivity contribution in [3.63, 3.8) is 0 Å². The quantitative estimate of drug-likeness (QED) is 0.579. The molecule has 0 amide bonds. The number of halogens is 1. The van der Waals surface area contributed by atoms with E-state index in [-0.39, 0.29) is 17.8 Å². The van der Waals surface area contributed by atoms with Crippen LogP contribution in [0, 0.1) is 18.2 Å². The molecule has 2 N–H and O–H groups in total. The molecule has 0 aliphatic rings. The van der Waals surface area contributed by atoms with Gasteiger partial charge in [-0.2, -0.15) is 0 Å². The van der Waals surface area contributed by atoms with Gasteiger partial charge in [0.15, 0.2) is 5.78 Å². The molecule has 0 aliphatic carbocycles. The summed E-state index contributed by atoms with van der Waals surface area (Å²) >= 11 is 0. The molecule has 1 aromatic rings. The Kier molecular flexibility index (Phi) is 3.38. The van der Waals surface area contributed by atoms with Crippen LogP contribution in [0.2, 0.25) is 0 Å². The Bertz CT molecular complexity index is 381. The fraction of sp³-hybridized carbons (Fsp3) is 0.182. The van der Waals surface area contributed by atoms with E-state index >= 15 is 0 Å². The van der Waals surface area contributed by atoms with E-state index in [1.54, 1.807) is 0 Å². The third-order valence-electron chi connectivity index (χ3n) is 1.78. The van der Waals surface area contributed by atoms with Gasteiger partial charge in [0.2, 0.25) is 0 Å². The van der Waals surface area contributed by atoms with Gasteiger partial charge in [-0.15, -0.1) is 12.3 Å². The third kappa shape index (κ3) is 2.41. The molecule has 2 nitrogen and oxygen atoms in total. The third-order valence-corrected chi connectivity index (χ3v) is 1.78. The maximum atomic E-state index is 12.7. The van der Waals surface area contributed by atoms with Gasteiger partial charge in [-0.3, -0.25) is 4.79 Å². The molecule has 0 radical (unpaired) electrons. The summed E-state index contributed by atoms with van der Waals surface area (Å²) < 4.78 is 12.7. The monoisotopic (exact) mass is 191 g/mol. The van der Waals surface area contributed by atoms with E-state index in [2.05, 4.69) is 5.92 Å². The Labute approximate surface area is 81.9 Å². The van der Waals surface area contributed by atoms with Crippen LogP contribution in [0.15, 0.2) is 24.3 Å². The zero-order valence-electron chi connectivity index (χ0n) is 7.53. The standard InChI is InChI=1S/C11H10FNO/c1-2-4-10(13)11(14)8-5-3-6-9(12)7-8/h1,3,5-7,10H,4,13H2. The van der Waals surface area contributed by atoms with Crippen LogP contribution in [-0.4, -0.2) is 11.8 Å². The number of carbonyl (C=O) groups is 1. The molecule has 0 heterocycles. The smallest absolute Gasteiger partial charge is 0.180 e. The lowest BCUT2D eigenvalue weighted by Gasteiger charge is -2.06. The summed E-state index contributed by atoms with van der Waals surface area (Å²) in [6.07, 6.45) is 5.18. The highest BCUT2D eigenvalue weighted by molar-refractivity contribution is 6.00. The van der Waals surface area contributed by atoms with Gasteiger partial charge in [0.1, 0.15) is 5.82 Å². The number of benzene rings is 1. The number of ketones is 1. The van der Waals surface area contributed by atoms with E-state index in [0.717, 1.165) is 6.07 Å². The lowest BCUT2D eigenvalue weighted by Crippen LogP contribution is -2.29. The van der Waals surface area contributed by atoms with Crippen molar-refractivity contribution >= 4 is 5.78 Å². The molecule has 3 heteroatoms. The average molecular weight is 191 g/mol. The summed E-state index contributed by atoms with van der Waals surface area (Å²) in [6.45, 7) is 0. The number of rotatable bonds is 3. The zero-order chi connectivity index (χ0) is 10.6. The second-order valence-electron chi connectivity index (χ2n) is 2.89. The predicted molar refractivity (Wildman–Crippen MR) is 52.2 cm³/mol. The van der Waals surface area contributed by atoms with Crippen LogP contribution in [0.3, 0.4) is 0 Å². The molecule has 0 saturated heterocycles. The SMILES string of the molecule is C#CCC(N)C(=O)c1cccc(F)c1. The van der Waals surface area contributed by atoms with Crippen LogP contribution in [0.5, 0.6) is 0 Å². The number of hydrogen-bond donors (Lipinski definition) is 1. The number of carbonyl (C=O) groups excluding carboxylic acids is 1. The summed E-state index contributed by atoms with van der Waals surface area (Å²) in [7, 11) is 0. The van der Waals surface area contributed by atoms with Crippen LogP contribution in [0.4, 0.5) is 4.39 Å². The first kappa shape index (κ1) is 10.4. The lowest BCUT2D eigenvalue weighted by molar-refractivity contribution is 0.0962. The van der Waals surface area contributed by atoms with Gasteiger partial charge in [0, 0.05) is 12.0 Å². The second kappa shape index (κ2) is 4.54. The molecule has 72 valence electrons. The van der Waals surface area contributed by atoms with Gasteiger partial charge in [0.25, 0.3) is 0 Å². The van der Waals surface area contributed by atoms with Crippen molar-refractivity contribution in [1.29, 1.82) is 0 Å². The van der Waals surface area contributed by atoms with Gasteiger partial charge >= 0.3 is 0 Å². The fourth-order valence-electron chi connectivity index (χ4n) is 1.08. The van der Waals surface area contributed by atoms with Gasteiger partial charge in [-0.05, 0) is 12.1 Å². The minimum atomic E-state index is -0.748. The molecule has 0 saturated carbocycles. The highest BCUT2D eigenvalue weighted by Crippen LogP contribution is 2.07. The van der Waals surface area contributed by atoms with Crippen molar-refractivity contribution < 1.29 is 9.18 Å². The highest BCUT2D eigenvalue weighted by Gasteiger charge is 2.14. The summed E-state index contributed by atoms with van der Waals surface area (Å²) in [4.78, 5) is 11.5. The summed E-state index contributed by atoms with van der Waals surface area (Å²) in [6, 6.07) is 4.65. The van der Waals surface area contributed by atoms with Gasteiger partial charge in [0.05, 0.1) is 6.04 Å². The predicted octanol–water partition coefficient (Wildman–Crippen LogP) is 1.36. The van der Waals surface area contributed by atoms with Crippen LogP contribution >= 0.6 is 0 Å². The van der Waals surface area contributed by atoms with E-state index in [1.165, 1.54) is 18.2 Å². The summed E-state index contributed by atoms with van der Waals surface area (Å²) in [5, 5.41) is 0. The molecule has 1 atom stereocenters. The number of Topliss-reactive ketones (excluding diaryl/α,β-unsaturated/α-hetero) is 1. The van der Waals surface area contributed by atoms with Gasteiger partial charge in [-0.25, -0.2) is 4.39 Å². The normalized spacial score (nSPS) is 11.8. The van der Waals surface area contributed by atoms with Crippen molar-refractivity contribution in [3.8, 4) is 12.3 Å². The maximum Gasteiger partial charge on any atom is 0.180 e. The molecule has 0 fully saturated rings. The zero-order valence-corrected chi connectivity index (χ0v) is 7.53. The molecule has 1 aromatic carbocycles. The highest BCUT2D eigenvalue weighted by atomic mass is 19.1. The Morgan fingerprint density at radius 3 is 2.93 bits per heavy atom. The first-order valence-corrected chi connectivity index (χ1v) is 4.14. The minimum Gasteiger partial charge on any atom is -0.320 e. The van der Waals surface area contributed by atoms with Crippen molar-refractivity contribution in [3.05, 3.63) is 35.6 Å². The maximum absolute atomic E-state index is 12.7. The van der Waals surface area contributed by atoms with Crippen molar-refractivity contribution in [2.45, 2.75) is 12.5 Å². The number of nitrogens with two attached hydrogens (primary N) is 1. The molecular weight excluding hydrogens is 181 g/mol. The van der Waals surface area contributed by atoms with Crippen LogP contribution in [0.1, 0.15) is 16.8 Å². The topological polar surface area (TPSA) is 43.1 Å². The molecule has 14 heavy (non-hydrogen) atoms. The first-order valence-electron chi connectivity index (χ1n) is 4.14. The number of hydrogen-bond acceptors (Lipinski definition) is 2. The first-order chi connectivity index (χ1) is 6.65. The molecule has 1 unspecified atom stereocenters. The largest absolute Gasteiger partial charge is 0.320 e. The Morgan fingerprint density at radius 1 is 1.64 bits per heavy atom. The minimum absolute atomic E-state index is 0.162. The summed E-state index contributed by atoms with van der Waals surface area (Å²) in [5.74, 6) is 1.51. The van der Waals surface area contributed by atoms with Gasteiger partial charge < -0.3 is 5.73 Å².